The molecule has 0 saturated heterocycles. The molecular weight excluding hydrogens is 290 g/mol. The number of pyridine rings is 1. The van der Waals surface area contributed by atoms with E-state index in [0.717, 1.165) is 8.96 Å². The number of fused-ring (bicyclic) bond motifs is 1. The Labute approximate surface area is 86.6 Å². The van der Waals surface area contributed by atoms with Gasteiger partial charge in [-0.05, 0) is 28.7 Å². The first-order valence-electron chi connectivity index (χ1n) is 3.14. The highest BCUT2D eigenvalue weighted by Crippen LogP contribution is 2.24. The minimum absolute atomic E-state index is 0.440. The third-order valence-electron chi connectivity index (χ3n) is 1.48. The van der Waals surface area contributed by atoms with E-state index in [0.29, 0.717) is 16.6 Å². The molecule has 0 atom stereocenters. The molecule has 6 heteroatoms. The Morgan fingerprint density at radius 2 is 2.33 bits per heavy atom. The molecule has 0 aliphatic rings. The molecule has 0 aromatic carbocycles. The maximum Gasteiger partial charge on any atom is 0.160 e. The molecule has 12 heavy (non-hydrogen) atoms. The molecule has 0 unspecified atom stereocenters. The number of nitrogens with zero attached hydrogens (tertiary/aromatic N) is 2. The van der Waals surface area contributed by atoms with Gasteiger partial charge in [0.15, 0.2) is 11.5 Å². The van der Waals surface area contributed by atoms with Crippen LogP contribution >= 0.6 is 34.2 Å². The molecule has 4 nitrogen and oxygen atoms in total. The molecule has 0 radical (unpaired) electrons. The van der Waals surface area contributed by atoms with Gasteiger partial charge in [-0.15, -0.1) is 0 Å². The summed E-state index contributed by atoms with van der Waals surface area (Å²) in [5, 5.41) is 7.79. The van der Waals surface area contributed by atoms with E-state index in [-0.39, 0.29) is 0 Å². The zero-order valence-electron chi connectivity index (χ0n) is 5.81. The minimum Gasteiger partial charge on any atom is -0.382 e. The van der Waals surface area contributed by atoms with Gasteiger partial charge in [0.1, 0.15) is 5.15 Å². The second-order valence-corrected chi connectivity index (χ2v) is 3.81. The van der Waals surface area contributed by atoms with Gasteiger partial charge in [-0.2, -0.15) is 5.10 Å². The number of nitrogens with one attached hydrogen (secondary N) is 1. The summed E-state index contributed by atoms with van der Waals surface area (Å²) in [4.78, 5) is 4.02. The molecule has 2 heterocycles. The Hall–Kier alpha value is -0.560. The predicted molar refractivity (Wildman–Crippen MR) is 56.0 cm³/mol. The van der Waals surface area contributed by atoms with E-state index < -0.39 is 0 Å². The quantitative estimate of drug-likeness (QED) is 0.575. The van der Waals surface area contributed by atoms with Gasteiger partial charge in [-0.3, -0.25) is 5.10 Å². The van der Waals surface area contributed by atoms with Gasteiger partial charge in [0, 0.05) is 3.57 Å². The highest BCUT2D eigenvalue weighted by molar-refractivity contribution is 14.1. The van der Waals surface area contributed by atoms with Crippen LogP contribution in [0.5, 0.6) is 0 Å². The SMILES string of the molecule is Nc1n[nH]c2nc(Cl)cc(I)c12. The normalized spacial score (nSPS) is 10.8. The van der Waals surface area contributed by atoms with E-state index in [1.807, 2.05) is 0 Å². The Morgan fingerprint density at radius 3 is 3.08 bits per heavy atom. The molecule has 2 rings (SSSR count). The molecule has 0 amide bonds. The van der Waals surface area contributed by atoms with E-state index >= 15 is 0 Å². The van der Waals surface area contributed by atoms with Crippen molar-refractivity contribution in [1.82, 2.24) is 15.2 Å². The largest absolute Gasteiger partial charge is 0.382 e. The van der Waals surface area contributed by atoms with Gasteiger partial charge in [0.05, 0.1) is 5.39 Å². The molecule has 3 N–H and O–H groups in total. The van der Waals surface area contributed by atoms with Crippen LogP contribution < -0.4 is 5.73 Å². The first-order valence-corrected chi connectivity index (χ1v) is 4.60. The lowest BCUT2D eigenvalue weighted by Crippen LogP contribution is -1.86. The van der Waals surface area contributed by atoms with E-state index in [4.69, 9.17) is 17.3 Å². The molecule has 2 aromatic rings. The number of H-pyrrole nitrogens is 1. The topological polar surface area (TPSA) is 67.6 Å². The van der Waals surface area contributed by atoms with Crippen LogP contribution in [0.2, 0.25) is 5.15 Å². The van der Waals surface area contributed by atoms with Crippen molar-refractivity contribution in [2.75, 3.05) is 5.73 Å². The number of rotatable bonds is 0. The Morgan fingerprint density at radius 1 is 1.58 bits per heavy atom. The summed E-state index contributed by atoms with van der Waals surface area (Å²) < 4.78 is 0.953. The molecule has 0 saturated carbocycles. The van der Waals surface area contributed by atoms with Crippen molar-refractivity contribution in [3.63, 3.8) is 0 Å². The summed E-state index contributed by atoms with van der Waals surface area (Å²) in [5.41, 5.74) is 6.23. The molecular formula is C6H4ClIN4. The number of aromatic nitrogens is 3. The van der Waals surface area contributed by atoms with Crippen LogP contribution in [0.25, 0.3) is 11.0 Å². The summed E-state index contributed by atoms with van der Waals surface area (Å²) >= 11 is 7.87. The van der Waals surface area contributed by atoms with Crippen LogP contribution in [0.4, 0.5) is 5.82 Å². The second-order valence-electron chi connectivity index (χ2n) is 2.26. The number of hydrogen-bond donors (Lipinski definition) is 2. The highest BCUT2D eigenvalue weighted by Gasteiger charge is 2.08. The van der Waals surface area contributed by atoms with Crippen LogP contribution in [-0.2, 0) is 0 Å². The average Bonchev–Trinajstić information content (AvgIpc) is 2.31. The average molecular weight is 294 g/mol. The van der Waals surface area contributed by atoms with Gasteiger partial charge in [0.25, 0.3) is 0 Å². The maximum atomic E-state index is 5.73. The standard InChI is InChI=1S/C6H4ClIN4/c7-3-1-2(8)4-5(9)11-12-6(4)10-3/h1H,(H3,9,10,11,12). The monoisotopic (exact) mass is 294 g/mol. The van der Waals surface area contributed by atoms with Crippen molar-refractivity contribution in [2.45, 2.75) is 0 Å². The summed E-state index contributed by atoms with van der Waals surface area (Å²) in [6, 6.07) is 1.75. The van der Waals surface area contributed by atoms with Crippen LogP contribution in [0.1, 0.15) is 0 Å². The molecule has 0 aliphatic heterocycles. The van der Waals surface area contributed by atoms with Crippen molar-refractivity contribution < 1.29 is 0 Å². The third-order valence-corrected chi connectivity index (χ3v) is 2.52. The molecule has 0 aliphatic carbocycles. The van der Waals surface area contributed by atoms with Gasteiger partial charge in [-0.25, -0.2) is 4.98 Å². The lowest BCUT2D eigenvalue weighted by atomic mass is 10.3. The van der Waals surface area contributed by atoms with Crippen molar-refractivity contribution in [2.24, 2.45) is 0 Å². The van der Waals surface area contributed by atoms with E-state index in [2.05, 4.69) is 37.8 Å². The van der Waals surface area contributed by atoms with Crippen LogP contribution in [0.3, 0.4) is 0 Å². The Kier molecular flexibility index (Phi) is 1.84. The van der Waals surface area contributed by atoms with E-state index in [1.54, 1.807) is 6.07 Å². The van der Waals surface area contributed by atoms with Gasteiger partial charge in [-0.1, -0.05) is 11.6 Å². The molecule has 0 bridgehead atoms. The van der Waals surface area contributed by atoms with Crippen molar-refractivity contribution in [3.05, 3.63) is 14.8 Å². The van der Waals surface area contributed by atoms with Crippen LogP contribution in [0, 0.1) is 3.57 Å². The lowest BCUT2D eigenvalue weighted by molar-refractivity contribution is 1.10. The first kappa shape index (κ1) is 8.06. The Bertz CT molecular complexity index is 438. The number of anilines is 1. The van der Waals surface area contributed by atoms with Crippen molar-refractivity contribution in [1.29, 1.82) is 0 Å². The smallest absolute Gasteiger partial charge is 0.160 e. The van der Waals surface area contributed by atoms with Crippen molar-refractivity contribution >= 4 is 51.0 Å². The molecule has 62 valence electrons. The second kappa shape index (κ2) is 2.74. The van der Waals surface area contributed by atoms with Crippen LogP contribution in [0.15, 0.2) is 6.07 Å². The fourth-order valence-corrected chi connectivity index (χ4v) is 2.18. The first-order chi connectivity index (χ1) is 5.68. The number of nitrogen functional groups attached to an aromatic ring is 1. The van der Waals surface area contributed by atoms with E-state index in [9.17, 15) is 0 Å². The summed E-state index contributed by atoms with van der Waals surface area (Å²) in [5.74, 6) is 0.457. The fourth-order valence-electron chi connectivity index (χ4n) is 0.978. The molecule has 0 fully saturated rings. The van der Waals surface area contributed by atoms with Crippen molar-refractivity contribution in [3.8, 4) is 0 Å². The number of halogens is 2. The number of hydrogen-bond acceptors (Lipinski definition) is 3. The summed E-state index contributed by atoms with van der Waals surface area (Å²) in [6.07, 6.45) is 0. The zero-order valence-corrected chi connectivity index (χ0v) is 8.72. The van der Waals surface area contributed by atoms with E-state index in [1.165, 1.54) is 0 Å². The highest BCUT2D eigenvalue weighted by atomic mass is 127. The number of aromatic amines is 1. The minimum atomic E-state index is 0.440. The summed E-state index contributed by atoms with van der Waals surface area (Å²) in [7, 11) is 0. The molecule has 2 aromatic heterocycles. The third kappa shape index (κ3) is 1.13. The summed E-state index contributed by atoms with van der Waals surface area (Å²) in [6.45, 7) is 0. The Balaban J connectivity index is 2.93. The predicted octanol–water partition coefficient (Wildman–Crippen LogP) is 1.80. The maximum absolute atomic E-state index is 5.73. The lowest BCUT2D eigenvalue weighted by Gasteiger charge is -1.94. The van der Waals surface area contributed by atoms with Gasteiger partial charge < -0.3 is 5.73 Å². The zero-order chi connectivity index (χ0) is 8.72. The fraction of sp³-hybridized carbons (Fsp3) is 0. The molecule has 0 spiro atoms. The number of nitrogens with two attached hydrogens (primary N) is 1. The van der Waals surface area contributed by atoms with Crippen LogP contribution in [-0.4, -0.2) is 15.2 Å². The van der Waals surface area contributed by atoms with Gasteiger partial charge in [0.2, 0.25) is 0 Å². The van der Waals surface area contributed by atoms with Gasteiger partial charge >= 0.3 is 0 Å².